The van der Waals surface area contributed by atoms with Crippen LogP contribution in [0.1, 0.15) is 21.5 Å². The monoisotopic (exact) mass is 488 g/mol. The molecule has 12 heteroatoms. The van der Waals surface area contributed by atoms with E-state index in [2.05, 4.69) is 0 Å². The molecule has 0 saturated carbocycles. The Bertz CT molecular complexity index is 1060. The summed E-state index contributed by atoms with van der Waals surface area (Å²) in [5.41, 5.74) is -3.89. The van der Waals surface area contributed by atoms with Gasteiger partial charge in [-0.2, -0.15) is 26.3 Å². The number of carbonyl (C=O) groups is 2. The number of fused-ring (bicyclic) bond motifs is 1. The SMILES string of the molecule is O=C(C1CN(C(=O)c2cc(C(F)(F)F)cc(C(F)(F)F)c2)c2ccccc2O1)N1CCOCC1. The van der Waals surface area contributed by atoms with Gasteiger partial charge in [-0.25, -0.2) is 0 Å². The molecule has 2 amide bonds. The van der Waals surface area contributed by atoms with Crippen molar-refractivity contribution in [1.82, 2.24) is 4.90 Å². The smallest absolute Gasteiger partial charge is 0.416 e. The van der Waals surface area contributed by atoms with Crippen LogP contribution in [0, 0.1) is 0 Å². The Balaban J connectivity index is 1.72. The standard InChI is InChI=1S/C22H18F6N2O4/c23-21(24,25)14-9-13(10-15(11-14)22(26,27)28)19(31)30-12-18(20(32)29-5-7-33-8-6-29)34-17-4-2-1-3-16(17)30/h1-4,9-11,18H,5-8,12H2. The molecule has 2 aliphatic heterocycles. The van der Waals surface area contributed by atoms with Gasteiger partial charge in [-0.05, 0) is 30.3 Å². The average molecular weight is 488 g/mol. The summed E-state index contributed by atoms with van der Waals surface area (Å²) >= 11 is 0. The number of halogens is 6. The number of rotatable bonds is 2. The Morgan fingerprint density at radius 3 is 2.06 bits per heavy atom. The van der Waals surface area contributed by atoms with Gasteiger partial charge in [0.05, 0.1) is 36.6 Å². The van der Waals surface area contributed by atoms with Crippen LogP contribution in [0.3, 0.4) is 0 Å². The van der Waals surface area contributed by atoms with E-state index in [4.69, 9.17) is 9.47 Å². The minimum absolute atomic E-state index is 0.0468. The first-order valence-electron chi connectivity index (χ1n) is 10.2. The molecule has 0 radical (unpaired) electrons. The summed E-state index contributed by atoms with van der Waals surface area (Å²) in [5, 5.41) is 0. The van der Waals surface area contributed by atoms with Crippen molar-refractivity contribution in [3.63, 3.8) is 0 Å². The second kappa shape index (κ2) is 8.82. The molecule has 1 unspecified atom stereocenters. The molecule has 1 atom stereocenters. The predicted molar refractivity (Wildman–Crippen MR) is 106 cm³/mol. The third-order valence-corrected chi connectivity index (χ3v) is 5.45. The van der Waals surface area contributed by atoms with Gasteiger partial charge in [-0.3, -0.25) is 9.59 Å². The topological polar surface area (TPSA) is 59.1 Å². The number of alkyl halides is 6. The molecule has 0 spiro atoms. The van der Waals surface area contributed by atoms with Gasteiger partial charge in [0.2, 0.25) is 0 Å². The molecule has 0 bridgehead atoms. The minimum atomic E-state index is -5.10. The second-order valence-corrected chi connectivity index (χ2v) is 7.72. The van der Waals surface area contributed by atoms with E-state index in [1.165, 1.54) is 23.1 Å². The maximum Gasteiger partial charge on any atom is 0.416 e. The number of hydrogen-bond acceptors (Lipinski definition) is 4. The summed E-state index contributed by atoms with van der Waals surface area (Å²) in [4.78, 5) is 28.6. The van der Waals surface area contributed by atoms with Crippen molar-refractivity contribution in [1.29, 1.82) is 0 Å². The molecule has 182 valence electrons. The first kappa shape index (κ1) is 23.9. The maximum atomic E-state index is 13.3. The summed E-state index contributed by atoms with van der Waals surface area (Å²) in [7, 11) is 0. The Hall–Kier alpha value is -3.28. The van der Waals surface area contributed by atoms with Crippen LogP contribution < -0.4 is 9.64 Å². The fourth-order valence-corrected chi connectivity index (χ4v) is 3.78. The molecule has 2 aromatic carbocycles. The largest absolute Gasteiger partial charge is 0.476 e. The number of hydrogen-bond donors (Lipinski definition) is 0. The summed E-state index contributed by atoms with van der Waals surface area (Å²) in [6, 6.07) is 6.68. The maximum absolute atomic E-state index is 13.3. The molecule has 6 nitrogen and oxygen atoms in total. The van der Waals surface area contributed by atoms with Crippen molar-refractivity contribution in [2.45, 2.75) is 18.5 Å². The molecular weight excluding hydrogens is 470 g/mol. The van der Waals surface area contributed by atoms with E-state index in [9.17, 15) is 35.9 Å². The minimum Gasteiger partial charge on any atom is -0.476 e. The molecule has 2 aromatic rings. The van der Waals surface area contributed by atoms with Gasteiger partial charge in [0, 0.05) is 18.7 Å². The van der Waals surface area contributed by atoms with Crippen molar-refractivity contribution in [2.24, 2.45) is 0 Å². The molecule has 4 rings (SSSR count). The van der Waals surface area contributed by atoms with Crippen LogP contribution in [0.25, 0.3) is 0 Å². The number of morpholine rings is 1. The van der Waals surface area contributed by atoms with Crippen LogP contribution in [-0.2, 0) is 21.9 Å². The number of benzene rings is 2. The fourth-order valence-electron chi connectivity index (χ4n) is 3.78. The number of para-hydroxylation sites is 2. The van der Waals surface area contributed by atoms with Gasteiger partial charge in [0.15, 0.2) is 6.10 Å². The third kappa shape index (κ3) is 4.81. The van der Waals surface area contributed by atoms with Crippen LogP contribution in [0.2, 0.25) is 0 Å². The molecule has 0 N–H and O–H groups in total. The lowest BCUT2D eigenvalue weighted by Crippen LogP contribution is -2.54. The van der Waals surface area contributed by atoms with E-state index in [-0.39, 0.29) is 37.1 Å². The van der Waals surface area contributed by atoms with E-state index in [1.54, 1.807) is 6.07 Å². The first-order valence-corrected chi connectivity index (χ1v) is 10.2. The van der Waals surface area contributed by atoms with Crippen molar-refractivity contribution in [3.8, 4) is 5.75 Å². The first-order chi connectivity index (χ1) is 15.9. The average Bonchev–Trinajstić information content (AvgIpc) is 2.81. The zero-order chi connectivity index (χ0) is 24.7. The lowest BCUT2D eigenvalue weighted by Gasteiger charge is -2.37. The van der Waals surface area contributed by atoms with Gasteiger partial charge in [0.25, 0.3) is 11.8 Å². The summed E-state index contributed by atoms with van der Waals surface area (Å²) in [5.74, 6) is -1.47. The van der Waals surface area contributed by atoms with Gasteiger partial charge in [0.1, 0.15) is 5.75 Å². The summed E-state index contributed by atoms with van der Waals surface area (Å²) < 4.78 is 90.6. The van der Waals surface area contributed by atoms with E-state index < -0.39 is 47.0 Å². The van der Waals surface area contributed by atoms with Crippen LogP contribution in [0.5, 0.6) is 5.75 Å². The highest BCUT2D eigenvalue weighted by Gasteiger charge is 2.40. The highest BCUT2D eigenvalue weighted by Crippen LogP contribution is 2.38. The lowest BCUT2D eigenvalue weighted by atomic mass is 10.0. The van der Waals surface area contributed by atoms with E-state index in [0.717, 1.165) is 4.90 Å². The Kier molecular flexibility index (Phi) is 6.19. The Morgan fingerprint density at radius 1 is 0.882 bits per heavy atom. The van der Waals surface area contributed by atoms with Crippen LogP contribution in [0.4, 0.5) is 32.0 Å². The summed E-state index contributed by atoms with van der Waals surface area (Å²) in [6.45, 7) is 0.807. The van der Waals surface area contributed by atoms with Crippen LogP contribution in [0.15, 0.2) is 42.5 Å². The Labute approximate surface area is 189 Å². The lowest BCUT2D eigenvalue weighted by molar-refractivity contribution is -0.143. The van der Waals surface area contributed by atoms with E-state index in [0.29, 0.717) is 25.3 Å². The van der Waals surface area contributed by atoms with Crippen LogP contribution in [-0.4, -0.2) is 55.7 Å². The number of carbonyl (C=O) groups excluding carboxylic acids is 2. The van der Waals surface area contributed by atoms with Crippen molar-refractivity contribution in [2.75, 3.05) is 37.7 Å². The van der Waals surface area contributed by atoms with E-state index in [1.807, 2.05) is 0 Å². The van der Waals surface area contributed by atoms with Gasteiger partial charge < -0.3 is 19.3 Å². The number of ether oxygens (including phenoxy) is 2. The Morgan fingerprint density at radius 2 is 1.47 bits per heavy atom. The normalized spacial score (nSPS) is 18.8. The van der Waals surface area contributed by atoms with Crippen molar-refractivity contribution in [3.05, 3.63) is 59.2 Å². The molecule has 2 heterocycles. The van der Waals surface area contributed by atoms with Gasteiger partial charge in [-0.15, -0.1) is 0 Å². The third-order valence-electron chi connectivity index (χ3n) is 5.45. The zero-order valence-electron chi connectivity index (χ0n) is 17.4. The van der Waals surface area contributed by atoms with Gasteiger partial charge >= 0.3 is 12.4 Å². The molecule has 2 aliphatic rings. The number of amides is 2. The summed E-state index contributed by atoms with van der Waals surface area (Å²) in [6.07, 6.45) is -11.4. The van der Waals surface area contributed by atoms with E-state index >= 15 is 0 Å². The highest BCUT2D eigenvalue weighted by molar-refractivity contribution is 6.08. The fraction of sp³-hybridized carbons (Fsp3) is 0.364. The van der Waals surface area contributed by atoms with Crippen LogP contribution >= 0.6 is 0 Å². The number of nitrogens with zero attached hydrogens (tertiary/aromatic N) is 2. The molecule has 1 fully saturated rings. The molecular formula is C22H18F6N2O4. The van der Waals surface area contributed by atoms with Gasteiger partial charge in [-0.1, -0.05) is 12.1 Å². The van der Waals surface area contributed by atoms with Crippen molar-refractivity contribution < 1.29 is 45.4 Å². The zero-order valence-corrected chi connectivity index (χ0v) is 17.4. The second-order valence-electron chi connectivity index (χ2n) is 7.72. The predicted octanol–water partition coefficient (Wildman–Crippen LogP) is 3.99. The molecule has 34 heavy (non-hydrogen) atoms. The van der Waals surface area contributed by atoms with Crippen molar-refractivity contribution >= 4 is 17.5 Å². The molecule has 0 aromatic heterocycles. The quantitative estimate of drug-likeness (QED) is 0.600. The number of anilines is 1. The highest BCUT2D eigenvalue weighted by atomic mass is 19.4. The molecule has 0 aliphatic carbocycles. The molecule has 1 saturated heterocycles.